The number of nitrogens with zero attached hydrogens (tertiary/aromatic N) is 3. The molecule has 0 aliphatic carbocycles. The van der Waals surface area contributed by atoms with Crippen LogP contribution in [-0.4, -0.2) is 21.6 Å². The Morgan fingerprint density at radius 3 is 2.61 bits per heavy atom. The van der Waals surface area contributed by atoms with E-state index in [0.29, 0.717) is 23.3 Å². The summed E-state index contributed by atoms with van der Waals surface area (Å²) in [6.07, 6.45) is 1.06. The molecule has 2 heterocycles. The van der Waals surface area contributed by atoms with Crippen molar-refractivity contribution in [2.45, 2.75) is 19.5 Å². The molecule has 0 amide bonds. The van der Waals surface area contributed by atoms with Gasteiger partial charge < -0.3 is 4.42 Å². The molecule has 116 valence electrons. The third-order valence-corrected chi connectivity index (χ3v) is 4.38. The molecule has 4 rings (SSSR count). The highest BCUT2D eigenvalue weighted by molar-refractivity contribution is 6.30. The summed E-state index contributed by atoms with van der Waals surface area (Å²) < 4.78 is 5.79. The number of fused-ring (bicyclic) bond motifs is 1. The molecule has 0 radical (unpaired) electrons. The number of benzene rings is 2. The first-order valence-electron chi connectivity index (χ1n) is 7.65. The summed E-state index contributed by atoms with van der Waals surface area (Å²) in [4.78, 5) is 2.33. The Bertz CT molecular complexity index is 813. The van der Waals surface area contributed by atoms with Crippen molar-refractivity contribution in [3.8, 4) is 11.5 Å². The normalized spacial score (nSPS) is 14.7. The smallest absolute Gasteiger partial charge is 0.247 e. The van der Waals surface area contributed by atoms with Gasteiger partial charge in [-0.05, 0) is 41.8 Å². The number of hydrogen-bond acceptors (Lipinski definition) is 4. The van der Waals surface area contributed by atoms with Crippen LogP contribution in [0.3, 0.4) is 0 Å². The summed E-state index contributed by atoms with van der Waals surface area (Å²) in [6, 6.07) is 16.0. The van der Waals surface area contributed by atoms with Crippen molar-refractivity contribution < 1.29 is 4.42 Å². The zero-order valence-corrected chi connectivity index (χ0v) is 13.3. The van der Waals surface area contributed by atoms with Gasteiger partial charge in [0.25, 0.3) is 0 Å². The van der Waals surface area contributed by atoms with Crippen molar-refractivity contribution in [1.29, 1.82) is 0 Å². The molecule has 0 bridgehead atoms. The van der Waals surface area contributed by atoms with Gasteiger partial charge in [-0.1, -0.05) is 35.9 Å². The van der Waals surface area contributed by atoms with Crippen LogP contribution in [0.25, 0.3) is 11.5 Å². The van der Waals surface area contributed by atoms with Gasteiger partial charge in [0.05, 0.1) is 6.54 Å². The highest BCUT2D eigenvalue weighted by Gasteiger charge is 2.18. The maximum Gasteiger partial charge on any atom is 0.247 e. The molecule has 23 heavy (non-hydrogen) atoms. The fraction of sp³-hybridized carbons (Fsp3) is 0.222. The van der Waals surface area contributed by atoms with Crippen LogP contribution in [0, 0.1) is 0 Å². The summed E-state index contributed by atoms with van der Waals surface area (Å²) in [5, 5.41) is 9.01. The summed E-state index contributed by atoms with van der Waals surface area (Å²) in [5.41, 5.74) is 3.71. The first-order valence-corrected chi connectivity index (χ1v) is 8.03. The van der Waals surface area contributed by atoms with E-state index in [2.05, 4.69) is 39.4 Å². The molecule has 0 fully saturated rings. The van der Waals surface area contributed by atoms with E-state index in [-0.39, 0.29) is 0 Å². The fourth-order valence-corrected chi connectivity index (χ4v) is 3.03. The second-order valence-electron chi connectivity index (χ2n) is 5.74. The minimum Gasteiger partial charge on any atom is -0.419 e. The number of hydrogen-bond donors (Lipinski definition) is 0. The van der Waals surface area contributed by atoms with Crippen LogP contribution in [0.1, 0.15) is 17.0 Å². The Morgan fingerprint density at radius 2 is 1.78 bits per heavy atom. The third-order valence-electron chi connectivity index (χ3n) is 4.13. The highest BCUT2D eigenvalue weighted by Crippen LogP contribution is 2.23. The summed E-state index contributed by atoms with van der Waals surface area (Å²) >= 11 is 5.90. The summed E-state index contributed by atoms with van der Waals surface area (Å²) in [5.74, 6) is 1.18. The van der Waals surface area contributed by atoms with Crippen LogP contribution >= 0.6 is 11.6 Å². The van der Waals surface area contributed by atoms with Crippen molar-refractivity contribution >= 4 is 11.6 Å². The molecule has 1 aromatic heterocycles. The average Bonchev–Trinajstić information content (AvgIpc) is 3.04. The molecule has 0 saturated heterocycles. The Hall–Kier alpha value is -2.17. The van der Waals surface area contributed by atoms with E-state index in [9.17, 15) is 0 Å². The maximum atomic E-state index is 5.90. The van der Waals surface area contributed by atoms with Gasteiger partial charge in [0.15, 0.2) is 0 Å². The lowest BCUT2D eigenvalue weighted by molar-refractivity contribution is 0.222. The van der Waals surface area contributed by atoms with Crippen molar-refractivity contribution in [1.82, 2.24) is 15.1 Å². The zero-order chi connectivity index (χ0) is 15.6. The van der Waals surface area contributed by atoms with Gasteiger partial charge in [0, 0.05) is 23.7 Å². The molecule has 4 nitrogen and oxygen atoms in total. The van der Waals surface area contributed by atoms with E-state index in [1.807, 2.05) is 24.3 Å². The quantitative estimate of drug-likeness (QED) is 0.731. The SMILES string of the molecule is Clc1ccc(-c2nnc(CN3CCc4ccccc4C3)o2)cc1. The van der Waals surface area contributed by atoms with Crippen molar-refractivity contribution in [2.75, 3.05) is 6.54 Å². The van der Waals surface area contributed by atoms with E-state index in [0.717, 1.165) is 25.1 Å². The monoisotopic (exact) mass is 325 g/mol. The van der Waals surface area contributed by atoms with Crippen molar-refractivity contribution in [3.63, 3.8) is 0 Å². The standard InChI is InChI=1S/C18H16ClN3O/c19-16-7-5-14(6-8-16)18-21-20-17(23-18)12-22-10-9-13-3-1-2-4-15(13)11-22/h1-8H,9-12H2. The molecule has 0 N–H and O–H groups in total. The van der Waals surface area contributed by atoms with Crippen LogP contribution in [0.5, 0.6) is 0 Å². The Labute approximate surface area is 139 Å². The van der Waals surface area contributed by atoms with Gasteiger partial charge in [-0.25, -0.2) is 0 Å². The lowest BCUT2D eigenvalue weighted by Gasteiger charge is -2.27. The molecule has 1 aliphatic heterocycles. The second-order valence-corrected chi connectivity index (χ2v) is 6.17. The average molecular weight is 326 g/mol. The van der Waals surface area contributed by atoms with Gasteiger partial charge in [0.1, 0.15) is 0 Å². The highest BCUT2D eigenvalue weighted by atomic mass is 35.5. The molecule has 5 heteroatoms. The maximum absolute atomic E-state index is 5.90. The van der Waals surface area contributed by atoms with Gasteiger partial charge in [-0.2, -0.15) is 0 Å². The first-order chi connectivity index (χ1) is 11.3. The van der Waals surface area contributed by atoms with Crippen LogP contribution < -0.4 is 0 Å². The predicted octanol–water partition coefficient (Wildman–Crippen LogP) is 3.95. The van der Waals surface area contributed by atoms with Gasteiger partial charge >= 0.3 is 0 Å². The largest absolute Gasteiger partial charge is 0.419 e. The lowest BCUT2D eigenvalue weighted by Crippen LogP contribution is -2.30. The van der Waals surface area contributed by atoms with E-state index in [4.69, 9.17) is 16.0 Å². The number of rotatable bonds is 3. The van der Waals surface area contributed by atoms with Crippen molar-refractivity contribution in [2.24, 2.45) is 0 Å². The lowest BCUT2D eigenvalue weighted by atomic mass is 10.00. The molecule has 3 aromatic rings. The number of halogens is 1. The minimum atomic E-state index is 0.536. The van der Waals surface area contributed by atoms with Gasteiger partial charge in [-0.3, -0.25) is 4.90 Å². The molecule has 0 spiro atoms. The minimum absolute atomic E-state index is 0.536. The number of aromatic nitrogens is 2. The zero-order valence-electron chi connectivity index (χ0n) is 12.6. The molecular weight excluding hydrogens is 310 g/mol. The Balaban J connectivity index is 1.47. The molecular formula is C18H16ClN3O. The Kier molecular flexibility index (Phi) is 3.85. The van der Waals surface area contributed by atoms with Gasteiger partial charge in [0.2, 0.25) is 11.8 Å². The fourth-order valence-electron chi connectivity index (χ4n) is 2.91. The molecule has 0 saturated carbocycles. The Morgan fingerprint density at radius 1 is 1.00 bits per heavy atom. The summed E-state index contributed by atoms with van der Waals surface area (Å²) in [7, 11) is 0. The summed E-state index contributed by atoms with van der Waals surface area (Å²) in [6.45, 7) is 2.61. The third kappa shape index (κ3) is 3.14. The van der Waals surface area contributed by atoms with E-state index in [1.165, 1.54) is 11.1 Å². The van der Waals surface area contributed by atoms with Crippen LogP contribution in [0.15, 0.2) is 52.9 Å². The van der Waals surface area contributed by atoms with E-state index >= 15 is 0 Å². The first kappa shape index (κ1) is 14.4. The molecule has 0 atom stereocenters. The van der Waals surface area contributed by atoms with E-state index < -0.39 is 0 Å². The van der Waals surface area contributed by atoms with Crippen LogP contribution in [0.2, 0.25) is 5.02 Å². The topological polar surface area (TPSA) is 42.2 Å². The molecule has 2 aromatic carbocycles. The van der Waals surface area contributed by atoms with Crippen molar-refractivity contribution in [3.05, 3.63) is 70.6 Å². The van der Waals surface area contributed by atoms with E-state index in [1.54, 1.807) is 0 Å². The van der Waals surface area contributed by atoms with Crippen LogP contribution in [-0.2, 0) is 19.5 Å². The second kappa shape index (κ2) is 6.14. The van der Waals surface area contributed by atoms with Gasteiger partial charge in [-0.15, -0.1) is 10.2 Å². The predicted molar refractivity (Wildman–Crippen MR) is 89.0 cm³/mol. The van der Waals surface area contributed by atoms with Crippen LogP contribution in [0.4, 0.5) is 0 Å². The molecule has 0 unspecified atom stereocenters. The molecule has 1 aliphatic rings.